The number of rotatable bonds is 2. The Hall–Kier alpha value is -1.98. The second kappa shape index (κ2) is 2.95. The summed E-state index contributed by atoms with van der Waals surface area (Å²) >= 11 is 0. The van der Waals surface area contributed by atoms with Crippen molar-refractivity contribution in [2.75, 3.05) is 5.73 Å². The molecular formula is C6H5N3O3. The maximum Gasteiger partial charge on any atom is 0.321 e. The number of aromatic nitrogens is 1. The molecule has 1 aromatic heterocycles. The van der Waals surface area contributed by atoms with Gasteiger partial charge >= 0.3 is 5.69 Å². The minimum atomic E-state index is -0.730. The van der Waals surface area contributed by atoms with Gasteiger partial charge in [-0.1, -0.05) is 0 Å². The van der Waals surface area contributed by atoms with Crippen LogP contribution < -0.4 is 5.73 Å². The normalized spacial score (nSPS) is 9.33. The van der Waals surface area contributed by atoms with Crippen LogP contribution in [0.25, 0.3) is 0 Å². The predicted octanol–water partition coefficient (Wildman–Crippen LogP) is 0.384. The van der Waals surface area contributed by atoms with E-state index in [0.717, 1.165) is 0 Å². The van der Waals surface area contributed by atoms with Crippen molar-refractivity contribution < 1.29 is 9.72 Å². The molecule has 0 aliphatic rings. The Kier molecular flexibility index (Phi) is 2.00. The summed E-state index contributed by atoms with van der Waals surface area (Å²) in [5.41, 5.74) is 4.69. The molecule has 0 amide bonds. The quantitative estimate of drug-likeness (QED) is 0.390. The van der Waals surface area contributed by atoms with E-state index in [1.165, 1.54) is 12.3 Å². The predicted molar refractivity (Wildman–Crippen MR) is 40.7 cm³/mol. The molecule has 0 aliphatic carbocycles. The highest BCUT2D eigenvalue weighted by Crippen LogP contribution is 2.21. The highest BCUT2D eigenvalue weighted by molar-refractivity contribution is 5.84. The number of hydrogen-bond donors (Lipinski definition) is 1. The first kappa shape index (κ1) is 8.12. The van der Waals surface area contributed by atoms with Gasteiger partial charge in [-0.2, -0.15) is 0 Å². The average Bonchev–Trinajstić information content (AvgIpc) is 2.03. The van der Waals surface area contributed by atoms with Gasteiger partial charge in [-0.3, -0.25) is 14.9 Å². The van der Waals surface area contributed by atoms with Gasteiger partial charge in [0.2, 0.25) is 5.82 Å². The molecule has 62 valence electrons. The molecule has 1 heterocycles. The molecule has 0 saturated heterocycles. The molecule has 0 bridgehead atoms. The summed E-state index contributed by atoms with van der Waals surface area (Å²) in [5.74, 6) is -0.246. The third-order valence-corrected chi connectivity index (χ3v) is 1.29. The number of carbonyl (C=O) groups excluding carboxylic acids is 1. The molecule has 0 saturated carbocycles. The van der Waals surface area contributed by atoms with Crippen LogP contribution in [0, 0.1) is 10.1 Å². The Labute approximate surface area is 67.2 Å². The topological polar surface area (TPSA) is 99.1 Å². The molecule has 0 radical (unpaired) electrons. The van der Waals surface area contributed by atoms with E-state index in [9.17, 15) is 14.9 Å². The van der Waals surface area contributed by atoms with Gasteiger partial charge in [0.05, 0.1) is 10.5 Å². The van der Waals surface area contributed by atoms with Crippen molar-refractivity contribution in [3.8, 4) is 0 Å². The van der Waals surface area contributed by atoms with Gasteiger partial charge in [0.25, 0.3) is 0 Å². The largest absolute Gasteiger partial charge is 0.378 e. The van der Waals surface area contributed by atoms with E-state index in [-0.39, 0.29) is 11.4 Å². The number of nitrogens with two attached hydrogens (primary N) is 1. The van der Waals surface area contributed by atoms with Gasteiger partial charge in [0.1, 0.15) is 0 Å². The first-order valence-electron chi connectivity index (χ1n) is 3.01. The van der Waals surface area contributed by atoms with Crippen molar-refractivity contribution >= 4 is 17.8 Å². The van der Waals surface area contributed by atoms with Gasteiger partial charge in [-0.25, -0.2) is 4.98 Å². The first-order chi connectivity index (χ1) is 5.66. The minimum Gasteiger partial charge on any atom is -0.378 e. The van der Waals surface area contributed by atoms with Crippen molar-refractivity contribution in [1.29, 1.82) is 0 Å². The van der Waals surface area contributed by atoms with Crippen molar-refractivity contribution in [2.45, 2.75) is 0 Å². The smallest absolute Gasteiger partial charge is 0.321 e. The summed E-state index contributed by atoms with van der Waals surface area (Å²) in [6.07, 6.45) is 1.61. The van der Waals surface area contributed by atoms with Crippen LogP contribution in [0.15, 0.2) is 12.3 Å². The Morgan fingerprint density at radius 2 is 2.33 bits per heavy atom. The number of nitrogens with zero attached hydrogens (tertiary/aromatic N) is 2. The van der Waals surface area contributed by atoms with E-state index in [4.69, 9.17) is 5.73 Å². The van der Waals surface area contributed by atoms with Crippen molar-refractivity contribution in [2.24, 2.45) is 0 Å². The van der Waals surface area contributed by atoms with Crippen molar-refractivity contribution in [1.82, 2.24) is 4.98 Å². The van der Waals surface area contributed by atoms with Gasteiger partial charge < -0.3 is 5.73 Å². The number of anilines is 1. The zero-order chi connectivity index (χ0) is 9.14. The Morgan fingerprint density at radius 3 is 2.75 bits per heavy atom. The molecular weight excluding hydrogens is 162 g/mol. The maximum absolute atomic E-state index is 10.3. The molecule has 0 unspecified atom stereocenters. The average molecular weight is 167 g/mol. The third-order valence-electron chi connectivity index (χ3n) is 1.29. The Bertz CT molecular complexity index is 337. The fourth-order valence-electron chi connectivity index (χ4n) is 0.780. The van der Waals surface area contributed by atoms with Crippen LogP contribution in [0.1, 0.15) is 10.4 Å². The minimum absolute atomic E-state index is 0.0625. The second-order valence-electron chi connectivity index (χ2n) is 2.01. The molecule has 0 aromatic carbocycles. The lowest BCUT2D eigenvalue weighted by molar-refractivity contribution is -0.384. The maximum atomic E-state index is 10.3. The standard InChI is InChI=1S/C6H5N3O3/c7-6-5(9(11)12)4(3-10)1-2-8-6/h1-3H,(H2,7,8). The number of nitrogen functional groups attached to an aromatic ring is 1. The molecule has 1 aromatic rings. The number of aldehydes is 1. The molecule has 12 heavy (non-hydrogen) atoms. The highest BCUT2D eigenvalue weighted by atomic mass is 16.6. The van der Waals surface area contributed by atoms with Crippen LogP contribution in [-0.2, 0) is 0 Å². The Morgan fingerprint density at radius 1 is 1.67 bits per heavy atom. The van der Waals surface area contributed by atoms with Crippen molar-refractivity contribution in [3.05, 3.63) is 27.9 Å². The lowest BCUT2D eigenvalue weighted by Crippen LogP contribution is -2.01. The zero-order valence-electron chi connectivity index (χ0n) is 5.93. The van der Waals surface area contributed by atoms with E-state index in [1.807, 2.05) is 0 Å². The fourth-order valence-corrected chi connectivity index (χ4v) is 0.780. The molecule has 0 aliphatic heterocycles. The molecule has 0 spiro atoms. The lowest BCUT2D eigenvalue weighted by Gasteiger charge is -1.96. The summed E-state index contributed by atoms with van der Waals surface area (Å²) in [5, 5.41) is 10.3. The van der Waals surface area contributed by atoms with Crippen LogP contribution in [0.4, 0.5) is 11.5 Å². The second-order valence-corrected chi connectivity index (χ2v) is 2.01. The molecule has 6 nitrogen and oxygen atoms in total. The summed E-state index contributed by atoms with van der Waals surface area (Å²) in [6.45, 7) is 0. The summed E-state index contributed by atoms with van der Waals surface area (Å²) < 4.78 is 0. The van der Waals surface area contributed by atoms with Crippen LogP contribution in [0.5, 0.6) is 0 Å². The number of nitro groups is 1. The third kappa shape index (κ3) is 1.22. The van der Waals surface area contributed by atoms with Crippen LogP contribution in [-0.4, -0.2) is 16.2 Å². The fraction of sp³-hybridized carbons (Fsp3) is 0. The van der Waals surface area contributed by atoms with Gasteiger partial charge in [0, 0.05) is 6.20 Å². The first-order valence-corrected chi connectivity index (χ1v) is 3.01. The van der Waals surface area contributed by atoms with Crippen LogP contribution in [0.2, 0.25) is 0 Å². The van der Waals surface area contributed by atoms with Crippen LogP contribution >= 0.6 is 0 Å². The number of pyridine rings is 1. The van der Waals surface area contributed by atoms with Gasteiger partial charge in [-0.05, 0) is 6.07 Å². The van der Waals surface area contributed by atoms with Gasteiger partial charge in [-0.15, -0.1) is 0 Å². The monoisotopic (exact) mass is 167 g/mol. The van der Waals surface area contributed by atoms with E-state index >= 15 is 0 Å². The van der Waals surface area contributed by atoms with E-state index in [1.54, 1.807) is 0 Å². The molecule has 6 heteroatoms. The molecule has 1 rings (SSSR count). The van der Waals surface area contributed by atoms with E-state index in [2.05, 4.69) is 4.98 Å². The highest BCUT2D eigenvalue weighted by Gasteiger charge is 2.17. The summed E-state index contributed by atoms with van der Waals surface area (Å²) in [6, 6.07) is 1.24. The van der Waals surface area contributed by atoms with Gasteiger partial charge in [0.15, 0.2) is 6.29 Å². The molecule has 0 fully saturated rings. The summed E-state index contributed by atoms with van der Waals surface area (Å²) in [7, 11) is 0. The summed E-state index contributed by atoms with van der Waals surface area (Å²) in [4.78, 5) is 23.4. The molecule has 0 atom stereocenters. The SMILES string of the molecule is Nc1nccc(C=O)c1[N+](=O)[O-]. The number of carbonyl (C=O) groups is 1. The zero-order valence-corrected chi connectivity index (χ0v) is 5.93. The van der Waals surface area contributed by atoms with E-state index in [0.29, 0.717) is 6.29 Å². The number of hydrogen-bond acceptors (Lipinski definition) is 5. The van der Waals surface area contributed by atoms with Crippen LogP contribution in [0.3, 0.4) is 0 Å². The Balaban J connectivity index is 3.39. The van der Waals surface area contributed by atoms with E-state index < -0.39 is 10.6 Å². The molecule has 2 N–H and O–H groups in total. The van der Waals surface area contributed by atoms with Crippen molar-refractivity contribution in [3.63, 3.8) is 0 Å². The lowest BCUT2D eigenvalue weighted by atomic mass is 10.2.